The molecule has 0 saturated heterocycles. The van der Waals surface area contributed by atoms with E-state index in [1.54, 1.807) is 0 Å². The van der Waals surface area contributed by atoms with Crippen molar-refractivity contribution in [3.63, 3.8) is 0 Å². The molecule has 0 fully saturated rings. The molecule has 0 spiro atoms. The normalized spacial score (nSPS) is 9.67. The molecule has 0 radical (unpaired) electrons. The van der Waals surface area contributed by atoms with Crippen molar-refractivity contribution < 1.29 is 0 Å². The van der Waals surface area contributed by atoms with Crippen molar-refractivity contribution in [1.29, 1.82) is 0 Å². The molecular weight excluding hydrogens is 236 g/mol. The molecule has 2 aromatic rings. The van der Waals surface area contributed by atoms with Crippen molar-refractivity contribution in [2.75, 3.05) is 0 Å². The predicted octanol–water partition coefficient (Wildman–Crippen LogP) is 4.08. The summed E-state index contributed by atoms with van der Waals surface area (Å²) in [7, 11) is 0. The van der Waals surface area contributed by atoms with Gasteiger partial charge in [0.25, 0.3) is 0 Å². The van der Waals surface area contributed by atoms with E-state index in [1.165, 1.54) is 11.1 Å². The van der Waals surface area contributed by atoms with Crippen LogP contribution in [-0.2, 0) is 12.2 Å². The minimum atomic E-state index is 0.722. The molecule has 0 bridgehead atoms. The largest absolute Gasteiger partial charge is 0.175 e. The lowest BCUT2D eigenvalue weighted by molar-refractivity contribution is 1.14. The Labute approximate surface area is 114 Å². The van der Waals surface area contributed by atoms with Crippen LogP contribution in [0.25, 0.3) is 0 Å². The molecule has 0 N–H and O–H groups in total. The summed E-state index contributed by atoms with van der Waals surface area (Å²) in [6.07, 6.45) is 1.07. The maximum Gasteiger partial charge on any atom is 0.0289 e. The first-order chi connectivity index (χ1) is 8.83. The van der Waals surface area contributed by atoms with Gasteiger partial charge in [-0.25, -0.2) is 0 Å². The maximum atomic E-state index is 4.32. The van der Waals surface area contributed by atoms with E-state index in [9.17, 15) is 0 Å². The summed E-state index contributed by atoms with van der Waals surface area (Å²) in [5.74, 6) is 7.14. The second-order valence-corrected chi connectivity index (χ2v) is 4.43. The number of hydrogen-bond donors (Lipinski definition) is 1. The predicted molar refractivity (Wildman–Crippen MR) is 80.9 cm³/mol. The standard InChI is InChI=1S/C17H16S/c1-2-14-7-9-15(10-8-14)11-12-16-5-3-4-6-17(16)13-18/h3-10,18H,2,13H2,1H3. The second kappa shape index (κ2) is 6.33. The SMILES string of the molecule is CCc1ccc(C#Cc2ccccc2CS)cc1. The van der Waals surface area contributed by atoms with E-state index in [2.05, 4.69) is 61.7 Å². The third-order valence-electron chi connectivity index (χ3n) is 2.89. The molecule has 0 heterocycles. The molecule has 0 aliphatic rings. The molecule has 0 saturated carbocycles. The Bertz CT molecular complexity index is 571. The van der Waals surface area contributed by atoms with E-state index >= 15 is 0 Å². The molecule has 0 unspecified atom stereocenters. The molecule has 2 rings (SSSR count). The summed E-state index contributed by atoms with van der Waals surface area (Å²) in [6.45, 7) is 2.16. The highest BCUT2D eigenvalue weighted by atomic mass is 32.1. The first-order valence-electron chi connectivity index (χ1n) is 6.13. The van der Waals surface area contributed by atoms with Gasteiger partial charge in [0.05, 0.1) is 0 Å². The molecule has 2 aromatic carbocycles. The van der Waals surface area contributed by atoms with Crippen molar-refractivity contribution in [2.24, 2.45) is 0 Å². The fourth-order valence-corrected chi connectivity index (χ4v) is 2.02. The van der Waals surface area contributed by atoms with Gasteiger partial charge in [0.1, 0.15) is 0 Å². The number of aryl methyl sites for hydroxylation is 1. The average Bonchev–Trinajstić information content (AvgIpc) is 2.46. The summed E-state index contributed by atoms with van der Waals surface area (Å²) in [6, 6.07) is 16.6. The third-order valence-corrected chi connectivity index (χ3v) is 3.23. The monoisotopic (exact) mass is 252 g/mol. The highest BCUT2D eigenvalue weighted by Gasteiger charge is 1.95. The zero-order valence-electron chi connectivity index (χ0n) is 10.5. The Morgan fingerprint density at radius 3 is 2.33 bits per heavy atom. The van der Waals surface area contributed by atoms with E-state index in [-0.39, 0.29) is 0 Å². The number of rotatable bonds is 2. The number of benzene rings is 2. The van der Waals surface area contributed by atoms with Crippen molar-refractivity contribution in [1.82, 2.24) is 0 Å². The lowest BCUT2D eigenvalue weighted by atomic mass is 10.1. The summed E-state index contributed by atoms with van der Waals surface area (Å²) >= 11 is 4.32. The summed E-state index contributed by atoms with van der Waals surface area (Å²) in [5, 5.41) is 0. The number of hydrogen-bond acceptors (Lipinski definition) is 1. The molecule has 0 aliphatic carbocycles. The molecule has 0 amide bonds. The second-order valence-electron chi connectivity index (χ2n) is 4.12. The molecule has 18 heavy (non-hydrogen) atoms. The van der Waals surface area contributed by atoms with Gasteiger partial charge in [0.2, 0.25) is 0 Å². The highest BCUT2D eigenvalue weighted by molar-refractivity contribution is 7.79. The van der Waals surface area contributed by atoms with Gasteiger partial charge in [-0.15, -0.1) is 0 Å². The van der Waals surface area contributed by atoms with Gasteiger partial charge in [0.15, 0.2) is 0 Å². The van der Waals surface area contributed by atoms with Crippen LogP contribution < -0.4 is 0 Å². The minimum absolute atomic E-state index is 0.722. The van der Waals surface area contributed by atoms with Crippen molar-refractivity contribution in [3.05, 3.63) is 70.8 Å². The molecule has 1 heteroatoms. The zero-order valence-corrected chi connectivity index (χ0v) is 11.4. The lowest BCUT2D eigenvalue weighted by Gasteiger charge is -1.99. The van der Waals surface area contributed by atoms with E-state index in [0.29, 0.717) is 0 Å². The molecule has 0 nitrogen and oxygen atoms in total. The Kier molecular flexibility index (Phi) is 4.50. The molecule has 0 aliphatic heterocycles. The fraction of sp³-hybridized carbons (Fsp3) is 0.176. The topological polar surface area (TPSA) is 0 Å². The lowest BCUT2D eigenvalue weighted by Crippen LogP contribution is -1.85. The Hall–Kier alpha value is -1.65. The molecule has 90 valence electrons. The van der Waals surface area contributed by atoms with Crippen molar-refractivity contribution in [2.45, 2.75) is 19.1 Å². The summed E-state index contributed by atoms with van der Waals surface area (Å²) < 4.78 is 0. The Balaban J connectivity index is 2.25. The van der Waals surface area contributed by atoms with Crippen molar-refractivity contribution >= 4 is 12.6 Å². The van der Waals surface area contributed by atoms with E-state index in [1.807, 2.05) is 18.2 Å². The molecule has 0 atom stereocenters. The van der Waals surface area contributed by atoms with Crippen LogP contribution in [0.15, 0.2) is 48.5 Å². The smallest absolute Gasteiger partial charge is 0.0289 e. The molecule has 0 aromatic heterocycles. The maximum absolute atomic E-state index is 4.32. The van der Waals surface area contributed by atoms with Crippen LogP contribution in [0.5, 0.6) is 0 Å². The van der Waals surface area contributed by atoms with Crippen LogP contribution >= 0.6 is 12.6 Å². The van der Waals surface area contributed by atoms with Gasteiger partial charge in [-0.3, -0.25) is 0 Å². The van der Waals surface area contributed by atoms with Crippen molar-refractivity contribution in [3.8, 4) is 11.8 Å². The number of thiol groups is 1. The van der Waals surface area contributed by atoms with Gasteiger partial charge >= 0.3 is 0 Å². The van der Waals surface area contributed by atoms with Crippen LogP contribution in [0.1, 0.15) is 29.2 Å². The quantitative estimate of drug-likeness (QED) is 0.604. The summed E-state index contributed by atoms with van der Waals surface area (Å²) in [4.78, 5) is 0. The van der Waals surface area contributed by atoms with Gasteiger partial charge in [-0.2, -0.15) is 12.6 Å². The van der Waals surface area contributed by atoms with E-state index < -0.39 is 0 Å². The Morgan fingerprint density at radius 2 is 1.67 bits per heavy atom. The van der Waals surface area contributed by atoms with Crippen LogP contribution in [0, 0.1) is 11.8 Å². The van der Waals surface area contributed by atoms with Gasteiger partial charge < -0.3 is 0 Å². The summed E-state index contributed by atoms with van der Waals surface area (Å²) in [5.41, 5.74) is 4.64. The van der Waals surface area contributed by atoms with Gasteiger partial charge in [0, 0.05) is 16.9 Å². The van der Waals surface area contributed by atoms with Crippen LogP contribution in [0.2, 0.25) is 0 Å². The van der Waals surface area contributed by atoms with Crippen LogP contribution in [-0.4, -0.2) is 0 Å². The average molecular weight is 252 g/mol. The molecular formula is C17H16S. The van der Waals surface area contributed by atoms with Crippen LogP contribution in [0.3, 0.4) is 0 Å². The Morgan fingerprint density at radius 1 is 0.944 bits per heavy atom. The third kappa shape index (κ3) is 3.18. The zero-order chi connectivity index (χ0) is 12.8. The van der Waals surface area contributed by atoms with Crippen LogP contribution in [0.4, 0.5) is 0 Å². The van der Waals surface area contributed by atoms with Gasteiger partial charge in [-0.05, 0) is 35.7 Å². The highest BCUT2D eigenvalue weighted by Crippen LogP contribution is 2.10. The fourth-order valence-electron chi connectivity index (χ4n) is 1.74. The van der Waals surface area contributed by atoms with E-state index in [0.717, 1.165) is 23.3 Å². The van der Waals surface area contributed by atoms with E-state index in [4.69, 9.17) is 0 Å². The van der Waals surface area contributed by atoms with Gasteiger partial charge in [-0.1, -0.05) is 49.1 Å². The minimum Gasteiger partial charge on any atom is -0.175 e. The first-order valence-corrected chi connectivity index (χ1v) is 6.76. The first kappa shape index (κ1) is 12.8.